The Labute approximate surface area is 187 Å². The molecule has 4 rings (SSSR count). The fraction of sp³-hybridized carbons (Fsp3) is 0.185. The summed E-state index contributed by atoms with van der Waals surface area (Å²) in [6.07, 6.45) is 1.16. The van der Waals surface area contributed by atoms with Gasteiger partial charge < -0.3 is 14.8 Å². The maximum absolute atomic E-state index is 12.5. The fourth-order valence-electron chi connectivity index (χ4n) is 3.99. The molecule has 0 bridgehead atoms. The standard InChI is InChI=1S/C27H25NO4/c1-2-10-25(26(29)31-17-19-11-4-3-5-12-19)28-27(30)32-18-24-22-15-8-6-13-20(22)21-14-7-9-16-23(21)24/h2-9,11-16,24-25H,1,10,17-18H2,(H,28,30)/t25-/m0/s1. The molecule has 0 aliphatic heterocycles. The second kappa shape index (κ2) is 9.96. The largest absolute Gasteiger partial charge is 0.459 e. The molecule has 1 N–H and O–H groups in total. The smallest absolute Gasteiger partial charge is 0.407 e. The summed E-state index contributed by atoms with van der Waals surface area (Å²) in [7, 11) is 0. The molecule has 5 nitrogen and oxygen atoms in total. The number of amides is 1. The highest BCUT2D eigenvalue weighted by molar-refractivity contribution is 5.82. The molecule has 0 heterocycles. The molecule has 1 atom stereocenters. The minimum absolute atomic E-state index is 0.0453. The first-order valence-electron chi connectivity index (χ1n) is 10.6. The number of hydrogen-bond acceptors (Lipinski definition) is 4. The Morgan fingerprint density at radius 1 is 0.875 bits per heavy atom. The van der Waals surface area contributed by atoms with E-state index >= 15 is 0 Å². The summed E-state index contributed by atoms with van der Waals surface area (Å²) in [6, 6.07) is 24.8. The Balaban J connectivity index is 1.37. The predicted octanol–water partition coefficient (Wildman–Crippen LogP) is 5.21. The molecule has 1 aliphatic rings. The Morgan fingerprint density at radius 2 is 1.47 bits per heavy atom. The number of fused-ring (bicyclic) bond motifs is 3. The third-order valence-corrected chi connectivity index (χ3v) is 5.55. The molecule has 0 fully saturated rings. The number of ether oxygens (including phenoxy) is 2. The zero-order chi connectivity index (χ0) is 22.3. The zero-order valence-corrected chi connectivity index (χ0v) is 17.7. The summed E-state index contributed by atoms with van der Waals surface area (Å²) < 4.78 is 10.9. The summed E-state index contributed by atoms with van der Waals surface area (Å²) in [5.74, 6) is -0.571. The van der Waals surface area contributed by atoms with Crippen molar-refractivity contribution in [2.45, 2.75) is 25.0 Å². The van der Waals surface area contributed by atoms with E-state index in [-0.39, 0.29) is 25.6 Å². The highest BCUT2D eigenvalue weighted by Gasteiger charge is 2.29. The first-order chi connectivity index (χ1) is 15.7. The van der Waals surface area contributed by atoms with Crippen molar-refractivity contribution >= 4 is 12.1 Å². The maximum atomic E-state index is 12.5. The molecule has 0 saturated carbocycles. The molecule has 5 heteroatoms. The number of nitrogens with one attached hydrogen (secondary N) is 1. The van der Waals surface area contributed by atoms with Crippen molar-refractivity contribution in [2.24, 2.45) is 0 Å². The van der Waals surface area contributed by atoms with E-state index in [1.807, 2.05) is 54.6 Å². The van der Waals surface area contributed by atoms with E-state index in [0.717, 1.165) is 27.8 Å². The van der Waals surface area contributed by atoms with Crippen molar-refractivity contribution in [3.63, 3.8) is 0 Å². The first kappa shape index (κ1) is 21.4. The predicted molar refractivity (Wildman–Crippen MR) is 123 cm³/mol. The minimum Gasteiger partial charge on any atom is -0.459 e. The van der Waals surface area contributed by atoms with Gasteiger partial charge in [-0.1, -0.05) is 84.9 Å². The lowest BCUT2D eigenvalue weighted by atomic mass is 9.98. The van der Waals surface area contributed by atoms with Crippen LogP contribution in [0, 0.1) is 0 Å². The van der Waals surface area contributed by atoms with Crippen molar-refractivity contribution in [3.05, 3.63) is 108 Å². The van der Waals surface area contributed by atoms with Crippen LogP contribution in [-0.4, -0.2) is 24.7 Å². The van der Waals surface area contributed by atoms with Gasteiger partial charge in [0, 0.05) is 5.92 Å². The van der Waals surface area contributed by atoms with Crippen LogP contribution in [0.2, 0.25) is 0 Å². The van der Waals surface area contributed by atoms with Crippen LogP contribution in [0.5, 0.6) is 0 Å². The van der Waals surface area contributed by atoms with Gasteiger partial charge in [0.05, 0.1) is 0 Å². The quantitative estimate of drug-likeness (QED) is 0.396. The number of alkyl carbamates (subject to hydrolysis) is 1. The van der Waals surface area contributed by atoms with Crippen LogP contribution in [0.1, 0.15) is 29.0 Å². The van der Waals surface area contributed by atoms with Crippen LogP contribution in [0.15, 0.2) is 91.5 Å². The number of carbonyl (C=O) groups is 2. The SMILES string of the molecule is C=CC[C@H](NC(=O)OCC1c2ccccc2-c2ccccc21)C(=O)OCc1ccccc1. The Morgan fingerprint density at radius 3 is 2.09 bits per heavy atom. The lowest BCUT2D eigenvalue weighted by Gasteiger charge is -2.18. The van der Waals surface area contributed by atoms with E-state index in [4.69, 9.17) is 9.47 Å². The molecule has 32 heavy (non-hydrogen) atoms. The summed E-state index contributed by atoms with van der Waals surface area (Å²) in [5, 5.41) is 2.62. The zero-order valence-electron chi connectivity index (χ0n) is 17.7. The van der Waals surface area contributed by atoms with Gasteiger partial charge in [-0.25, -0.2) is 9.59 Å². The van der Waals surface area contributed by atoms with Gasteiger partial charge in [0.1, 0.15) is 19.3 Å². The average Bonchev–Trinajstić information content (AvgIpc) is 3.15. The molecule has 0 spiro atoms. The molecule has 3 aromatic carbocycles. The van der Waals surface area contributed by atoms with Gasteiger partial charge >= 0.3 is 12.1 Å². The molecule has 0 radical (unpaired) electrons. The summed E-state index contributed by atoms with van der Waals surface area (Å²) >= 11 is 0. The van der Waals surface area contributed by atoms with Gasteiger partial charge in [-0.2, -0.15) is 0 Å². The van der Waals surface area contributed by atoms with Crippen LogP contribution in [0.4, 0.5) is 4.79 Å². The van der Waals surface area contributed by atoms with Gasteiger partial charge in [0.15, 0.2) is 0 Å². The van der Waals surface area contributed by atoms with Gasteiger partial charge in [-0.3, -0.25) is 0 Å². The molecule has 1 amide bonds. The highest BCUT2D eigenvalue weighted by Crippen LogP contribution is 2.44. The van der Waals surface area contributed by atoms with Crippen LogP contribution >= 0.6 is 0 Å². The van der Waals surface area contributed by atoms with Gasteiger partial charge in [-0.05, 0) is 34.2 Å². The van der Waals surface area contributed by atoms with Gasteiger partial charge in [0.2, 0.25) is 0 Å². The van der Waals surface area contributed by atoms with Crippen LogP contribution in [0.25, 0.3) is 11.1 Å². The lowest BCUT2D eigenvalue weighted by Crippen LogP contribution is -2.42. The molecule has 1 aliphatic carbocycles. The third kappa shape index (κ3) is 4.72. The van der Waals surface area contributed by atoms with Crippen molar-refractivity contribution in [1.82, 2.24) is 5.32 Å². The molecule has 0 saturated heterocycles. The monoisotopic (exact) mass is 427 g/mol. The van der Waals surface area contributed by atoms with E-state index in [0.29, 0.717) is 0 Å². The van der Waals surface area contributed by atoms with E-state index in [9.17, 15) is 9.59 Å². The molecule has 3 aromatic rings. The van der Waals surface area contributed by atoms with Crippen LogP contribution in [0.3, 0.4) is 0 Å². The highest BCUT2D eigenvalue weighted by atomic mass is 16.6. The second-order valence-electron chi connectivity index (χ2n) is 7.64. The van der Waals surface area contributed by atoms with Crippen molar-refractivity contribution in [1.29, 1.82) is 0 Å². The number of carbonyl (C=O) groups excluding carboxylic acids is 2. The first-order valence-corrected chi connectivity index (χ1v) is 10.6. The normalized spacial score (nSPS) is 12.9. The molecule has 162 valence electrons. The number of esters is 1. The Hall–Kier alpha value is -3.86. The Kier molecular flexibility index (Phi) is 6.66. The summed E-state index contributed by atoms with van der Waals surface area (Å²) in [4.78, 5) is 25.0. The van der Waals surface area contributed by atoms with Gasteiger partial charge in [0.25, 0.3) is 0 Å². The van der Waals surface area contributed by atoms with E-state index in [1.54, 1.807) is 6.08 Å². The van der Waals surface area contributed by atoms with Crippen molar-refractivity contribution in [2.75, 3.05) is 6.61 Å². The van der Waals surface area contributed by atoms with Crippen molar-refractivity contribution in [3.8, 4) is 11.1 Å². The number of rotatable bonds is 8. The maximum Gasteiger partial charge on any atom is 0.407 e. The summed E-state index contributed by atoms with van der Waals surface area (Å²) in [6.45, 7) is 3.99. The van der Waals surface area contributed by atoms with E-state index in [2.05, 4.69) is 36.2 Å². The summed E-state index contributed by atoms with van der Waals surface area (Å²) in [5.41, 5.74) is 5.45. The van der Waals surface area contributed by atoms with Crippen molar-refractivity contribution < 1.29 is 19.1 Å². The van der Waals surface area contributed by atoms with Gasteiger partial charge in [-0.15, -0.1) is 6.58 Å². The second-order valence-corrected chi connectivity index (χ2v) is 7.64. The fourth-order valence-corrected chi connectivity index (χ4v) is 3.99. The lowest BCUT2D eigenvalue weighted by molar-refractivity contribution is -0.147. The Bertz CT molecular complexity index is 1060. The topological polar surface area (TPSA) is 64.6 Å². The number of hydrogen-bond donors (Lipinski definition) is 1. The molecular weight excluding hydrogens is 402 g/mol. The molecule has 0 aromatic heterocycles. The average molecular weight is 428 g/mol. The van der Waals surface area contributed by atoms with Crippen LogP contribution < -0.4 is 5.32 Å². The molecular formula is C27H25NO4. The number of benzene rings is 3. The van der Waals surface area contributed by atoms with E-state index in [1.165, 1.54) is 0 Å². The minimum atomic E-state index is -0.855. The molecule has 0 unspecified atom stereocenters. The van der Waals surface area contributed by atoms with E-state index < -0.39 is 18.1 Å². The third-order valence-electron chi connectivity index (χ3n) is 5.55. The van der Waals surface area contributed by atoms with Crippen LogP contribution in [-0.2, 0) is 20.9 Å².